The van der Waals surface area contributed by atoms with Gasteiger partial charge in [-0.15, -0.1) is 0 Å². The summed E-state index contributed by atoms with van der Waals surface area (Å²) in [6.07, 6.45) is -4.81. The molecule has 7 heteroatoms. The monoisotopic (exact) mass is 400 g/mol. The molecule has 0 radical (unpaired) electrons. The Morgan fingerprint density at radius 2 is 1.71 bits per heavy atom. The van der Waals surface area contributed by atoms with Crippen LogP contribution in [0.25, 0.3) is 0 Å². The molecule has 126 valence electrons. The number of ether oxygens (including phenoxy) is 1. The van der Waals surface area contributed by atoms with Crippen LogP contribution in [-0.4, -0.2) is 18.4 Å². The van der Waals surface area contributed by atoms with E-state index in [0.717, 1.165) is 16.6 Å². The number of Topliss-reactive ketones (excluding diaryl/α,β-unsaturated/α-hetero) is 1. The zero-order chi connectivity index (χ0) is 17.7. The van der Waals surface area contributed by atoms with Crippen molar-refractivity contribution in [2.45, 2.75) is 12.6 Å². The molecule has 0 saturated carbocycles. The maximum atomic E-state index is 12.6. The highest BCUT2D eigenvalue weighted by molar-refractivity contribution is 9.10. The van der Waals surface area contributed by atoms with Gasteiger partial charge >= 0.3 is 12.1 Å². The number of alkyl halides is 3. The lowest BCUT2D eigenvalue weighted by Gasteiger charge is -2.09. The zero-order valence-corrected chi connectivity index (χ0v) is 13.9. The van der Waals surface area contributed by atoms with E-state index < -0.39 is 24.3 Å². The summed E-state index contributed by atoms with van der Waals surface area (Å²) < 4.78 is 43.5. The summed E-state index contributed by atoms with van der Waals surface area (Å²) in [5.74, 6) is -1.15. The molecule has 3 nitrogen and oxygen atoms in total. The SMILES string of the molecule is O=C(Cc1cccc(C(F)(F)F)c1)OCC(=O)c1ccc(Br)cc1. The van der Waals surface area contributed by atoms with Crippen LogP contribution in [0.15, 0.2) is 53.0 Å². The van der Waals surface area contributed by atoms with Gasteiger partial charge in [0.15, 0.2) is 12.4 Å². The first-order chi connectivity index (χ1) is 11.3. The van der Waals surface area contributed by atoms with Crippen molar-refractivity contribution in [2.24, 2.45) is 0 Å². The van der Waals surface area contributed by atoms with Crippen LogP contribution in [0.1, 0.15) is 21.5 Å². The summed E-state index contributed by atoms with van der Waals surface area (Å²) in [6.45, 7) is -0.459. The fraction of sp³-hybridized carbons (Fsp3) is 0.176. The Morgan fingerprint density at radius 3 is 2.33 bits per heavy atom. The highest BCUT2D eigenvalue weighted by Crippen LogP contribution is 2.29. The van der Waals surface area contributed by atoms with Crippen LogP contribution in [0.5, 0.6) is 0 Å². The molecule has 0 aliphatic heterocycles. The first-order valence-electron chi connectivity index (χ1n) is 6.86. The number of esters is 1. The summed E-state index contributed by atoms with van der Waals surface area (Å²) >= 11 is 3.24. The Morgan fingerprint density at radius 1 is 1.04 bits per heavy atom. The summed E-state index contributed by atoms with van der Waals surface area (Å²) in [6, 6.07) is 10.9. The molecule has 2 aromatic rings. The minimum Gasteiger partial charge on any atom is -0.457 e. The second-order valence-electron chi connectivity index (χ2n) is 4.97. The van der Waals surface area contributed by atoms with Crippen LogP contribution in [0.3, 0.4) is 0 Å². The Balaban J connectivity index is 1.92. The minimum atomic E-state index is -4.47. The van der Waals surface area contributed by atoms with E-state index in [0.29, 0.717) is 5.56 Å². The van der Waals surface area contributed by atoms with Crippen LogP contribution in [0.2, 0.25) is 0 Å². The van der Waals surface area contributed by atoms with E-state index >= 15 is 0 Å². The Hall–Kier alpha value is -2.15. The van der Waals surface area contributed by atoms with Crippen molar-refractivity contribution >= 4 is 27.7 Å². The number of carbonyl (C=O) groups excluding carboxylic acids is 2. The lowest BCUT2D eigenvalue weighted by atomic mass is 10.1. The van der Waals surface area contributed by atoms with Crippen molar-refractivity contribution < 1.29 is 27.5 Å². The van der Waals surface area contributed by atoms with Crippen LogP contribution < -0.4 is 0 Å². The third-order valence-corrected chi connectivity index (χ3v) is 3.66. The standard InChI is InChI=1S/C17H12BrF3O3/c18-14-6-4-12(5-7-14)15(22)10-24-16(23)9-11-2-1-3-13(8-11)17(19,20)21/h1-8H,9-10H2. The quantitative estimate of drug-likeness (QED) is 0.550. The second-order valence-corrected chi connectivity index (χ2v) is 5.88. The van der Waals surface area contributed by atoms with Crippen LogP contribution in [-0.2, 0) is 22.1 Å². The highest BCUT2D eigenvalue weighted by atomic mass is 79.9. The maximum absolute atomic E-state index is 12.6. The summed E-state index contributed by atoms with van der Waals surface area (Å²) in [7, 11) is 0. The summed E-state index contributed by atoms with van der Waals surface area (Å²) in [5, 5.41) is 0. The van der Waals surface area contributed by atoms with Crippen LogP contribution in [0.4, 0.5) is 13.2 Å². The molecule has 2 rings (SSSR count). The molecule has 0 aromatic heterocycles. The third-order valence-electron chi connectivity index (χ3n) is 3.13. The number of hydrogen-bond acceptors (Lipinski definition) is 3. The van der Waals surface area contributed by atoms with Gasteiger partial charge in [0.1, 0.15) is 0 Å². The molecule has 0 aliphatic rings. The molecule has 0 fully saturated rings. The molecule has 2 aromatic carbocycles. The number of carbonyl (C=O) groups is 2. The van der Waals surface area contributed by atoms with Crippen molar-refractivity contribution in [1.29, 1.82) is 0 Å². The van der Waals surface area contributed by atoms with Gasteiger partial charge in [-0.2, -0.15) is 13.2 Å². The number of rotatable bonds is 5. The molecule has 24 heavy (non-hydrogen) atoms. The molecule has 0 saturated heterocycles. The predicted octanol–water partition coefficient (Wildman–Crippen LogP) is 4.44. The molecular weight excluding hydrogens is 389 g/mol. The van der Waals surface area contributed by atoms with Gasteiger partial charge in [-0.25, -0.2) is 0 Å². The molecular formula is C17H12BrF3O3. The van der Waals surface area contributed by atoms with Gasteiger partial charge in [0.05, 0.1) is 12.0 Å². The largest absolute Gasteiger partial charge is 0.457 e. The average Bonchev–Trinajstić information content (AvgIpc) is 2.53. The summed E-state index contributed by atoms with van der Waals surface area (Å²) in [5.41, 5.74) is -0.283. The van der Waals surface area contributed by atoms with Crippen LogP contribution >= 0.6 is 15.9 Å². The van der Waals surface area contributed by atoms with Gasteiger partial charge in [-0.3, -0.25) is 9.59 Å². The van der Waals surface area contributed by atoms with E-state index in [1.165, 1.54) is 12.1 Å². The molecule has 0 unspecified atom stereocenters. The Bertz CT molecular complexity index is 739. The maximum Gasteiger partial charge on any atom is 0.416 e. The van der Waals surface area contributed by atoms with E-state index in [2.05, 4.69) is 15.9 Å². The van der Waals surface area contributed by atoms with Crippen LogP contribution in [0, 0.1) is 0 Å². The van der Waals surface area contributed by atoms with Crippen molar-refractivity contribution in [1.82, 2.24) is 0 Å². The lowest BCUT2D eigenvalue weighted by Crippen LogP contribution is -2.16. The Labute approximate surface area is 144 Å². The minimum absolute atomic E-state index is 0.172. The number of hydrogen-bond donors (Lipinski definition) is 0. The first-order valence-corrected chi connectivity index (χ1v) is 7.65. The van der Waals surface area contributed by atoms with Gasteiger partial charge in [-0.1, -0.05) is 46.3 Å². The number of benzene rings is 2. The van der Waals surface area contributed by atoms with E-state index in [9.17, 15) is 22.8 Å². The second kappa shape index (κ2) is 7.61. The predicted molar refractivity (Wildman–Crippen MR) is 84.6 cm³/mol. The van der Waals surface area contributed by atoms with Gasteiger partial charge in [-0.05, 0) is 23.8 Å². The Kier molecular flexibility index (Phi) is 5.77. The van der Waals surface area contributed by atoms with E-state index in [-0.39, 0.29) is 17.8 Å². The van der Waals surface area contributed by atoms with Gasteiger partial charge in [0.2, 0.25) is 0 Å². The van der Waals surface area contributed by atoms with E-state index in [1.54, 1.807) is 24.3 Å². The van der Waals surface area contributed by atoms with Crippen molar-refractivity contribution in [2.75, 3.05) is 6.61 Å². The van der Waals surface area contributed by atoms with Gasteiger partial charge in [0.25, 0.3) is 0 Å². The normalized spacial score (nSPS) is 11.2. The lowest BCUT2D eigenvalue weighted by molar-refractivity contribution is -0.142. The molecule has 0 heterocycles. The average molecular weight is 401 g/mol. The van der Waals surface area contributed by atoms with Gasteiger partial charge < -0.3 is 4.74 Å². The highest BCUT2D eigenvalue weighted by Gasteiger charge is 2.30. The zero-order valence-electron chi connectivity index (χ0n) is 12.3. The molecule has 0 atom stereocenters. The van der Waals surface area contributed by atoms with Gasteiger partial charge in [0, 0.05) is 10.0 Å². The van der Waals surface area contributed by atoms with E-state index in [1.807, 2.05) is 0 Å². The molecule has 0 aliphatic carbocycles. The van der Waals surface area contributed by atoms with Crippen molar-refractivity contribution in [3.63, 3.8) is 0 Å². The molecule has 0 N–H and O–H groups in total. The summed E-state index contributed by atoms with van der Waals surface area (Å²) in [4.78, 5) is 23.6. The van der Waals surface area contributed by atoms with Crippen molar-refractivity contribution in [3.05, 3.63) is 69.7 Å². The number of ketones is 1. The topological polar surface area (TPSA) is 43.4 Å². The van der Waals surface area contributed by atoms with E-state index in [4.69, 9.17) is 4.74 Å². The smallest absolute Gasteiger partial charge is 0.416 e. The molecule has 0 amide bonds. The molecule has 0 spiro atoms. The number of halogens is 4. The fourth-order valence-corrected chi connectivity index (χ4v) is 2.20. The molecule has 0 bridgehead atoms. The fourth-order valence-electron chi connectivity index (χ4n) is 1.94. The third kappa shape index (κ3) is 5.19. The first kappa shape index (κ1) is 18.2. The van der Waals surface area contributed by atoms with Crippen molar-refractivity contribution in [3.8, 4) is 0 Å².